The number of rotatable bonds is 2. The summed E-state index contributed by atoms with van der Waals surface area (Å²) in [6.45, 7) is 2.69. The second kappa shape index (κ2) is 11.9. The summed E-state index contributed by atoms with van der Waals surface area (Å²) in [5, 5.41) is 0. The van der Waals surface area contributed by atoms with Gasteiger partial charge in [-0.15, -0.1) is 0 Å². The SMILES string of the molecule is CC(C[NH-])C[NH-].[Cl][Pt+2][Cl]. The molecule has 0 radical (unpaired) electrons. The Labute approximate surface area is 72.6 Å². The van der Waals surface area contributed by atoms with Gasteiger partial charge in [0.1, 0.15) is 0 Å². The number of nitrogens with one attached hydrogen (secondary N) is 2. The van der Waals surface area contributed by atoms with Gasteiger partial charge in [0.05, 0.1) is 0 Å². The molecule has 0 saturated heterocycles. The molecule has 5 heteroatoms. The van der Waals surface area contributed by atoms with E-state index in [1.807, 2.05) is 6.92 Å². The summed E-state index contributed by atoms with van der Waals surface area (Å²) in [7, 11) is 9.75. The Balaban J connectivity index is 0. The quantitative estimate of drug-likeness (QED) is 0.733. The van der Waals surface area contributed by atoms with Crippen LogP contribution in [0.25, 0.3) is 11.5 Å². The van der Waals surface area contributed by atoms with Gasteiger partial charge in [-0.2, -0.15) is 13.1 Å². The Morgan fingerprint density at radius 2 is 1.56 bits per heavy atom. The molecule has 0 aliphatic heterocycles. The van der Waals surface area contributed by atoms with Crippen LogP contribution in [0.4, 0.5) is 0 Å². The Morgan fingerprint density at radius 3 is 1.56 bits per heavy atom. The van der Waals surface area contributed by atoms with E-state index in [9.17, 15) is 0 Å². The van der Waals surface area contributed by atoms with Crippen molar-refractivity contribution >= 4 is 18.8 Å². The van der Waals surface area contributed by atoms with Crippen LogP contribution in [0.15, 0.2) is 0 Å². The third kappa shape index (κ3) is 17.6. The van der Waals surface area contributed by atoms with Crippen LogP contribution >= 0.6 is 18.8 Å². The molecule has 0 fully saturated rings. The first kappa shape index (κ1) is 12.8. The zero-order valence-corrected chi connectivity index (χ0v) is 8.85. The molecule has 0 saturated carbocycles. The minimum absolute atomic E-state index is 0.269. The maximum atomic E-state index is 6.69. The molecular weight excluding hydrogens is 342 g/mol. The molecule has 0 aliphatic carbocycles. The topological polar surface area (TPSA) is 47.6 Å². The summed E-state index contributed by atoms with van der Waals surface area (Å²) in [6, 6.07) is 0. The van der Waals surface area contributed by atoms with Crippen LogP contribution in [0.5, 0.6) is 0 Å². The average Bonchev–Trinajstić information content (AvgIpc) is 1.88. The molecule has 0 amide bonds. The van der Waals surface area contributed by atoms with Crippen molar-refractivity contribution in [1.82, 2.24) is 0 Å². The van der Waals surface area contributed by atoms with Gasteiger partial charge in [0, 0.05) is 0 Å². The normalized spacial score (nSPS) is 9.11. The zero-order chi connectivity index (χ0) is 7.70. The molecule has 0 aromatic rings. The van der Waals surface area contributed by atoms with Crippen molar-refractivity contribution in [2.45, 2.75) is 6.92 Å². The van der Waals surface area contributed by atoms with Crippen molar-refractivity contribution in [3.63, 3.8) is 0 Å². The van der Waals surface area contributed by atoms with Gasteiger partial charge in [0.25, 0.3) is 0 Å². The second-order valence-electron chi connectivity index (χ2n) is 1.56. The van der Waals surface area contributed by atoms with Gasteiger partial charge in [0.15, 0.2) is 0 Å². The Hall–Kier alpha value is 1.19. The number of halogens is 2. The Kier molecular flexibility index (Phi) is 17.0. The van der Waals surface area contributed by atoms with E-state index in [1.54, 1.807) is 0 Å². The standard InChI is InChI=1S/C4H10N2.2ClH.Pt/c1-4(2-5)3-6;;;/h4-6H,2-3H2,1H3;2*1H;/q-2;;;+4/p-2. The van der Waals surface area contributed by atoms with Crippen LogP contribution in [0.1, 0.15) is 6.92 Å². The number of hydrogen-bond donors (Lipinski definition) is 0. The fourth-order valence-corrected chi connectivity index (χ4v) is 0.0722. The van der Waals surface area contributed by atoms with Crippen molar-refractivity contribution < 1.29 is 16.5 Å². The summed E-state index contributed by atoms with van der Waals surface area (Å²) >= 11 is -0.472. The van der Waals surface area contributed by atoms with E-state index in [-0.39, 0.29) is 5.92 Å². The van der Waals surface area contributed by atoms with Gasteiger partial charge >= 0.3 is 35.3 Å². The van der Waals surface area contributed by atoms with Crippen LogP contribution in [-0.2, 0) is 16.5 Å². The molecule has 0 aliphatic rings. The fourth-order valence-electron chi connectivity index (χ4n) is 0.0722. The van der Waals surface area contributed by atoms with E-state index in [4.69, 9.17) is 30.3 Å². The molecule has 2 nitrogen and oxygen atoms in total. The first-order valence-corrected chi connectivity index (χ1v) is 7.97. The maximum absolute atomic E-state index is 6.69. The summed E-state index contributed by atoms with van der Waals surface area (Å²) in [5.41, 5.74) is 13.4. The summed E-state index contributed by atoms with van der Waals surface area (Å²) in [6.07, 6.45) is 0. The van der Waals surface area contributed by atoms with E-state index in [2.05, 4.69) is 0 Å². The predicted molar refractivity (Wildman–Crippen MR) is 39.2 cm³/mol. The molecule has 0 unspecified atom stereocenters. The van der Waals surface area contributed by atoms with Crippen molar-refractivity contribution in [3.8, 4) is 0 Å². The first-order chi connectivity index (χ1) is 4.22. The van der Waals surface area contributed by atoms with Gasteiger partial charge in [-0.05, 0) is 0 Å². The molecule has 0 aromatic carbocycles. The third-order valence-electron chi connectivity index (χ3n) is 0.697. The van der Waals surface area contributed by atoms with Gasteiger partial charge in [0.2, 0.25) is 0 Å². The van der Waals surface area contributed by atoms with Gasteiger partial charge in [-0.3, -0.25) is 0 Å². The zero-order valence-electron chi connectivity index (χ0n) is 5.06. The summed E-state index contributed by atoms with van der Waals surface area (Å²) in [4.78, 5) is 0. The van der Waals surface area contributed by atoms with Gasteiger partial charge < -0.3 is 11.5 Å². The molecule has 0 bridgehead atoms. The van der Waals surface area contributed by atoms with Crippen molar-refractivity contribution in [3.05, 3.63) is 11.5 Å². The Bertz CT molecular complexity index is 43.5. The molecule has 2 N–H and O–H groups in total. The molecular formula is C4H10Cl2N2Pt. The van der Waals surface area contributed by atoms with Crippen molar-refractivity contribution in [2.75, 3.05) is 13.1 Å². The summed E-state index contributed by atoms with van der Waals surface area (Å²) < 4.78 is 0. The molecule has 0 aromatic heterocycles. The Morgan fingerprint density at radius 1 is 1.33 bits per heavy atom. The van der Waals surface area contributed by atoms with E-state index in [0.29, 0.717) is 13.1 Å². The molecule has 0 spiro atoms. The molecule has 0 rings (SSSR count). The second-order valence-corrected chi connectivity index (χ2v) is 4.84. The van der Waals surface area contributed by atoms with E-state index in [1.165, 1.54) is 0 Å². The van der Waals surface area contributed by atoms with Crippen LogP contribution in [0.3, 0.4) is 0 Å². The van der Waals surface area contributed by atoms with Crippen molar-refractivity contribution in [2.24, 2.45) is 5.92 Å². The summed E-state index contributed by atoms with van der Waals surface area (Å²) in [5.74, 6) is 0.269. The van der Waals surface area contributed by atoms with Crippen LogP contribution in [0.2, 0.25) is 0 Å². The van der Waals surface area contributed by atoms with Gasteiger partial charge in [-0.25, -0.2) is 0 Å². The monoisotopic (exact) mass is 351 g/mol. The van der Waals surface area contributed by atoms with E-state index < -0.39 is 16.5 Å². The van der Waals surface area contributed by atoms with Crippen LogP contribution in [-0.4, -0.2) is 13.1 Å². The van der Waals surface area contributed by atoms with Crippen LogP contribution < -0.4 is 0 Å². The van der Waals surface area contributed by atoms with Crippen LogP contribution in [0, 0.1) is 5.92 Å². The average molecular weight is 352 g/mol. The molecule has 9 heavy (non-hydrogen) atoms. The van der Waals surface area contributed by atoms with E-state index in [0.717, 1.165) is 0 Å². The van der Waals surface area contributed by atoms with Crippen molar-refractivity contribution in [1.29, 1.82) is 0 Å². The number of hydrogen-bond acceptors (Lipinski definition) is 0. The minimum atomic E-state index is -0.472. The first-order valence-electron chi connectivity index (χ1n) is 2.34. The fraction of sp³-hybridized carbons (Fsp3) is 1.00. The van der Waals surface area contributed by atoms with Gasteiger partial charge in [-0.1, -0.05) is 12.8 Å². The molecule has 0 atom stereocenters. The predicted octanol–water partition coefficient (Wildman–Crippen LogP) is 3.10. The molecule has 0 heterocycles. The van der Waals surface area contributed by atoms with E-state index >= 15 is 0 Å². The third-order valence-corrected chi connectivity index (χ3v) is 0.697. The molecule has 60 valence electrons.